The van der Waals surface area contributed by atoms with Crippen LogP contribution in [0.25, 0.3) is 0 Å². The van der Waals surface area contributed by atoms with Crippen LogP contribution in [0.4, 0.5) is 0 Å². The number of piperidine rings is 1. The molecule has 1 amide bonds. The van der Waals surface area contributed by atoms with Crippen LogP contribution in [0.2, 0.25) is 0 Å². The number of likely N-dealkylation sites (tertiary alicyclic amines) is 1. The van der Waals surface area contributed by atoms with Crippen LogP contribution in [0.1, 0.15) is 39.2 Å². The highest BCUT2D eigenvalue weighted by molar-refractivity contribution is 7.93. The molecule has 1 aromatic carbocycles. The predicted molar refractivity (Wildman–Crippen MR) is 99.5 cm³/mol. The average molecular weight is 381 g/mol. The highest BCUT2D eigenvalue weighted by atomic mass is 32.2. The first-order valence-corrected chi connectivity index (χ1v) is 10.4. The molecular weight excluding hydrogens is 354 g/mol. The molecule has 1 fully saturated rings. The predicted octanol–water partition coefficient (Wildman–Crippen LogP) is 1.93. The van der Waals surface area contributed by atoms with Gasteiger partial charge in [0.2, 0.25) is 5.91 Å². The molecule has 0 aliphatic carbocycles. The monoisotopic (exact) mass is 381 g/mol. The van der Waals surface area contributed by atoms with E-state index in [1.165, 1.54) is 14.0 Å². The largest absolute Gasteiger partial charge is 0.468 e. The highest BCUT2D eigenvalue weighted by Gasteiger charge is 2.46. The summed E-state index contributed by atoms with van der Waals surface area (Å²) in [6, 6.07) is 9.40. The number of ether oxygens (including phenoxy) is 1. The van der Waals surface area contributed by atoms with Crippen molar-refractivity contribution in [2.75, 3.05) is 20.2 Å². The zero-order valence-corrected chi connectivity index (χ0v) is 16.6. The van der Waals surface area contributed by atoms with Gasteiger partial charge in [-0.25, -0.2) is 8.42 Å². The summed E-state index contributed by atoms with van der Waals surface area (Å²) >= 11 is 0. The molecule has 7 heteroatoms. The zero-order chi connectivity index (χ0) is 19.5. The SMILES string of the molecule is COC(=O)C1(c2ccccc2)CCN(C(=O)[C@@H](C)S(=O)(=O)C(C)C)CC1. The van der Waals surface area contributed by atoms with Crippen molar-refractivity contribution in [1.82, 2.24) is 4.90 Å². The zero-order valence-electron chi connectivity index (χ0n) is 15.8. The van der Waals surface area contributed by atoms with Crippen LogP contribution in [0.15, 0.2) is 30.3 Å². The second kappa shape index (κ2) is 7.78. The third-order valence-corrected chi connectivity index (χ3v) is 7.83. The number of rotatable bonds is 5. The number of methoxy groups -OCH3 is 1. The lowest BCUT2D eigenvalue weighted by Crippen LogP contribution is -2.52. The summed E-state index contributed by atoms with van der Waals surface area (Å²) in [7, 11) is -2.15. The molecule has 0 unspecified atom stereocenters. The Hall–Kier alpha value is -1.89. The molecular formula is C19H27NO5S. The first kappa shape index (κ1) is 20.4. The third kappa shape index (κ3) is 3.63. The van der Waals surface area contributed by atoms with Gasteiger partial charge in [-0.15, -0.1) is 0 Å². The molecule has 1 aliphatic rings. The summed E-state index contributed by atoms with van der Waals surface area (Å²) in [6.45, 7) is 5.23. The van der Waals surface area contributed by atoms with Crippen LogP contribution in [0.5, 0.6) is 0 Å². The van der Waals surface area contributed by atoms with E-state index in [0.717, 1.165) is 5.56 Å². The van der Waals surface area contributed by atoms with Gasteiger partial charge in [0, 0.05) is 13.1 Å². The van der Waals surface area contributed by atoms with E-state index in [4.69, 9.17) is 4.74 Å². The van der Waals surface area contributed by atoms with Crippen LogP contribution in [-0.2, 0) is 29.6 Å². The quantitative estimate of drug-likeness (QED) is 0.728. The van der Waals surface area contributed by atoms with Crippen molar-refractivity contribution in [3.8, 4) is 0 Å². The summed E-state index contributed by atoms with van der Waals surface area (Å²) in [5.74, 6) is -0.719. The Morgan fingerprint density at radius 3 is 2.08 bits per heavy atom. The van der Waals surface area contributed by atoms with Gasteiger partial charge in [0.15, 0.2) is 9.84 Å². The molecule has 2 rings (SSSR count). The smallest absolute Gasteiger partial charge is 0.316 e. The standard InChI is InChI=1S/C19H27NO5S/c1-14(2)26(23,24)15(3)17(21)20-12-10-19(11-13-20,18(22)25-4)16-8-6-5-7-9-16/h5-9,14-15H,10-13H2,1-4H3/t15-/m1/s1. The van der Waals surface area contributed by atoms with Crippen LogP contribution in [0, 0.1) is 0 Å². The van der Waals surface area contributed by atoms with Gasteiger partial charge in [-0.2, -0.15) is 0 Å². The lowest BCUT2D eigenvalue weighted by molar-refractivity contribution is -0.151. The van der Waals surface area contributed by atoms with E-state index in [1.54, 1.807) is 18.7 Å². The number of esters is 1. The summed E-state index contributed by atoms with van der Waals surface area (Å²) in [4.78, 5) is 26.7. The maximum absolute atomic E-state index is 12.7. The minimum atomic E-state index is -3.51. The molecule has 26 heavy (non-hydrogen) atoms. The van der Waals surface area contributed by atoms with E-state index in [-0.39, 0.29) is 5.97 Å². The average Bonchev–Trinajstić information content (AvgIpc) is 2.66. The second-order valence-electron chi connectivity index (χ2n) is 7.05. The van der Waals surface area contributed by atoms with E-state index in [0.29, 0.717) is 25.9 Å². The fourth-order valence-electron chi connectivity index (χ4n) is 3.48. The number of hydrogen-bond acceptors (Lipinski definition) is 5. The lowest BCUT2D eigenvalue weighted by atomic mass is 9.72. The third-order valence-electron chi connectivity index (χ3n) is 5.33. The molecule has 0 N–H and O–H groups in total. The molecule has 1 heterocycles. The van der Waals surface area contributed by atoms with Gasteiger partial charge in [0.25, 0.3) is 0 Å². The van der Waals surface area contributed by atoms with Gasteiger partial charge < -0.3 is 9.64 Å². The molecule has 1 aromatic rings. The van der Waals surface area contributed by atoms with Crippen LogP contribution >= 0.6 is 0 Å². The van der Waals surface area contributed by atoms with Crippen molar-refractivity contribution >= 4 is 21.7 Å². The molecule has 0 spiro atoms. The summed E-state index contributed by atoms with van der Waals surface area (Å²) in [5, 5.41) is -1.69. The topological polar surface area (TPSA) is 80.8 Å². The van der Waals surface area contributed by atoms with Crippen LogP contribution in [-0.4, -0.2) is 55.9 Å². The molecule has 6 nitrogen and oxygen atoms in total. The summed E-state index contributed by atoms with van der Waals surface area (Å²) in [6.07, 6.45) is 0.813. The normalized spacial score (nSPS) is 18.4. The van der Waals surface area contributed by atoms with Crippen LogP contribution in [0.3, 0.4) is 0 Å². The molecule has 1 aliphatic heterocycles. The summed E-state index contributed by atoms with van der Waals surface area (Å²) < 4.78 is 29.6. The number of carbonyl (C=O) groups excluding carboxylic acids is 2. The van der Waals surface area contributed by atoms with Gasteiger partial charge in [0.1, 0.15) is 5.25 Å². The number of benzene rings is 1. The van der Waals surface area contributed by atoms with E-state index >= 15 is 0 Å². The fraction of sp³-hybridized carbons (Fsp3) is 0.579. The molecule has 1 atom stereocenters. The molecule has 144 valence electrons. The van der Waals surface area contributed by atoms with Gasteiger partial charge in [-0.3, -0.25) is 9.59 Å². The molecule has 1 saturated heterocycles. The highest BCUT2D eigenvalue weighted by Crippen LogP contribution is 2.37. The van der Waals surface area contributed by atoms with Crippen molar-refractivity contribution in [2.24, 2.45) is 0 Å². The number of amides is 1. The van der Waals surface area contributed by atoms with Crippen LogP contribution < -0.4 is 0 Å². The lowest BCUT2D eigenvalue weighted by Gasteiger charge is -2.40. The molecule has 0 bridgehead atoms. The number of hydrogen-bond donors (Lipinski definition) is 0. The Balaban J connectivity index is 2.20. The minimum Gasteiger partial charge on any atom is -0.468 e. The van der Waals surface area contributed by atoms with Gasteiger partial charge in [-0.05, 0) is 39.2 Å². The first-order valence-electron chi connectivity index (χ1n) is 8.82. The Kier molecular flexibility index (Phi) is 6.11. The first-order chi connectivity index (χ1) is 12.2. The van der Waals surface area contributed by atoms with Crippen molar-refractivity contribution in [2.45, 2.75) is 49.5 Å². The van der Waals surface area contributed by atoms with Crippen molar-refractivity contribution in [1.29, 1.82) is 0 Å². The van der Waals surface area contributed by atoms with Gasteiger partial charge >= 0.3 is 5.97 Å². The molecule has 0 saturated carbocycles. The number of nitrogens with zero attached hydrogens (tertiary/aromatic N) is 1. The second-order valence-corrected chi connectivity index (χ2v) is 9.87. The maximum Gasteiger partial charge on any atom is 0.316 e. The maximum atomic E-state index is 12.7. The van der Waals surface area contributed by atoms with Crippen molar-refractivity contribution in [3.05, 3.63) is 35.9 Å². The fourth-order valence-corrected chi connectivity index (χ4v) is 4.72. The van der Waals surface area contributed by atoms with E-state index < -0.39 is 31.7 Å². The Bertz CT molecular complexity index is 749. The van der Waals surface area contributed by atoms with Gasteiger partial charge in [0.05, 0.1) is 17.8 Å². The van der Waals surface area contributed by atoms with Crippen molar-refractivity contribution in [3.63, 3.8) is 0 Å². The Morgan fingerprint density at radius 2 is 1.62 bits per heavy atom. The number of sulfone groups is 1. The van der Waals surface area contributed by atoms with E-state index in [1.807, 2.05) is 30.3 Å². The number of carbonyl (C=O) groups is 2. The minimum absolute atomic E-state index is 0.320. The molecule has 0 aromatic heterocycles. The molecule has 0 radical (unpaired) electrons. The van der Waals surface area contributed by atoms with E-state index in [2.05, 4.69) is 0 Å². The van der Waals surface area contributed by atoms with E-state index in [9.17, 15) is 18.0 Å². The summed E-state index contributed by atoms with van der Waals surface area (Å²) in [5.41, 5.74) is 0.0641. The van der Waals surface area contributed by atoms with Crippen molar-refractivity contribution < 1.29 is 22.7 Å². The van der Waals surface area contributed by atoms with Gasteiger partial charge in [-0.1, -0.05) is 30.3 Å². The Labute approximate surface area is 155 Å². The Morgan fingerprint density at radius 1 is 1.08 bits per heavy atom.